The highest BCUT2D eigenvalue weighted by Crippen LogP contribution is 2.35. The van der Waals surface area contributed by atoms with Crippen LogP contribution in [-0.4, -0.2) is 31.3 Å². The van der Waals surface area contributed by atoms with E-state index in [1.54, 1.807) is 0 Å². The summed E-state index contributed by atoms with van der Waals surface area (Å²) in [5, 5.41) is 1.86. The summed E-state index contributed by atoms with van der Waals surface area (Å²) >= 11 is 0. The van der Waals surface area contributed by atoms with Crippen LogP contribution in [0.15, 0.2) is 0 Å². The van der Waals surface area contributed by atoms with E-state index in [9.17, 15) is 0 Å². The summed E-state index contributed by atoms with van der Waals surface area (Å²) in [7, 11) is 0. The summed E-state index contributed by atoms with van der Waals surface area (Å²) < 4.78 is 5.27. The van der Waals surface area contributed by atoms with E-state index < -0.39 is 0 Å². The van der Waals surface area contributed by atoms with Gasteiger partial charge in [-0.1, -0.05) is 0 Å². The van der Waals surface area contributed by atoms with E-state index in [2.05, 4.69) is 0 Å². The molecule has 3 nitrogen and oxygen atoms in total. The fourth-order valence-corrected chi connectivity index (χ4v) is 1.71. The normalized spacial score (nSPS) is 33.0. The summed E-state index contributed by atoms with van der Waals surface area (Å²) in [5.41, 5.74) is 0.467. The number of rotatable bonds is 0. The van der Waals surface area contributed by atoms with E-state index in [-0.39, 0.29) is 0 Å². The van der Waals surface area contributed by atoms with E-state index in [4.69, 9.17) is 10.6 Å². The van der Waals surface area contributed by atoms with Crippen molar-refractivity contribution in [3.63, 3.8) is 0 Å². The Hall–Kier alpha value is -0.120. The molecule has 9 heavy (non-hydrogen) atoms. The van der Waals surface area contributed by atoms with Crippen LogP contribution in [0.3, 0.4) is 0 Å². The van der Waals surface area contributed by atoms with Gasteiger partial charge in [0.25, 0.3) is 0 Å². The average molecular weight is 128 g/mol. The van der Waals surface area contributed by atoms with Gasteiger partial charge in [-0.3, -0.25) is 5.84 Å². The molecule has 2 aliphatic heterocycles. The Morgan fingerprint density at radius 2 is 2.22 bits per heavy atom. The molecule has 0 aromatic heterocycles. The van der Waals surface area contributed by atoms with Gasteiger partial charge in [-0.15, -0.1) is 0 Å². The summed E-state index contributed by atoms with van der Waals surface area (Å²) in [5.74, 6) is 5.51. The standard InChI is InChI=1S/C6H12N2O/c7-8-3-6(4-8)1-2-9-5-6/h1-5,7H2. The van der Waals surface area contributed by atoms with Crippen molar-refractivity contribution in [2.24, 2.45) is 11.3 Å². The maximum atomic E-state index is 5.51. The number of nitrogens with zero attached hydrogens (tertiary/aromatic N) is 1. The van der Waals surface area contributed by atoms with Crippen molar-refractivity contribution in [1.82, 2.24) is 5.01 Å². The molecule has 0 aromatic rings. The Morgan fingerprint density at radius 1 is 1.44 bits per heavy atom. The third kappa shape index (κ3) is 0.764. The van der Waals surface area contributed by atoms with Crippen molar-refractivity contribution in [2.75, 3.05) is 26.3 Å². The molecule has 3 heteroatoms. The van der Waals surface area contributed by atoms with Crippen molar-refractivity contribution in [1.29, 1.82) is 0 Å². The molecule has 0 bridgehead atoms. The summed E-state index contributed by atoms with van der Waals surface area (Å²) in [6, 6.07) is 0. The van der Waals surface area contributed by atoms with E-state index >= 15 is 0 Å². The molecule has 0 saturated carbocycles. The van der Waals surface area contributed by atoms with Crippen LogP contribution in [0.1, 0.15) is 6.42 Å². The monoisotopic (exact) mass is 128 g/mol. The molecule has 2 fully saturated rings. The van der Waals surface area contributed by atoms with Crippen LogP contribution in [-0.2, 0) is 4.74 Å². The Morgan fingerprint density at radius 3 is 2.67 bits per heavy atom. The fraction of sp³-hybridized carbons (Fsp3) is 1.00. The van der Waals surface area contributed by atoms with Gasteiger partial charge in [0, 0.05) is 25.1 Å². The quantitative estimate of drug-likeness (QED) is 0.450. The zero-order chi connectivity index (χ0) is 6.32. The molecular weight excluding hydrogens is 116 g/mol. The lowest BCUT2D eigenvalue weighted by Crippen LogP contribution is -2.59. The van der Waals surface area contributed by atoms with Gasteiger partial charge in [0.1, 0.15) is 0 Å². The summed E-state index contributed by atoms with van der Waals surface area (Å²) in [4.78, 5) is 0. The zero-order valence-electron chi connectivity index (χ0n) is 5.47. The van der Waals surface area contributed by atoms with Gasteiger partial charge in [-0.05, 0) is 6.42 Å². The molecular formula is C6H12N2O. The molecule has 1 spiro atoms. The molecule has 0 aliphatic carbocycles. The van der Waals surface area contributed by atoms with Gasteiger partial charge in [-0.25, -0.2) is 5.01 Å². The molecule has 2 saturated heterocycles. The molecule has 0 aromatic carbocycles. The maximum Gasteiger partial charge on any atom is 0.0548 e. The molecule has 0 atom stereocenters. The first-order valence-electron chi connectivity index (χ1n) is 3.38. The molecule has 0 unspecified atom stereocenters. The Kier molecular flexibility index (Phi) is 1.06. The van der Waals surface area contributed by atoms with Crippen molar-refractivity contribution in [2.45, 2.75) is 6.42 Å². The van der Waals surface area contributed by atoms with Gasteiger partial charge in [0.15, 0.2) is 0 Å². The molecule has 0 radical (unpaired) electrons. The first kappa shape index (κ1) is 5.65. The maximum absolute atomic E-state index is 5.51. The fourth-order valence-electron chi connectivity index (χ4n) is 1.71. The second kappa shape index (κ2) is 1.68. The molecule has 2 N–H and O–H groups in total. The van der Waals surface area contributed by atoms with Crippen molar-refractivity contribution in [3.8, 4) is 0 Å². The number of hydrogen-bond donors (Lipinski definition) is 1. The topological polar surface area (TPSA) is 38.5 Å². The Balaban J connectivity index is 1.95. The lowest BCUT2D eigenvalue weighted by Gasteiger charge is -2.44. The van der Waals surface area contributed by atoms with Crippen LogP contribution in [0.4, 0.5) is 0 Å². The SMILES string of the molecule is NN1CC2(CCOC2)C1. The second-order valence-electron chi connectivity index (χ2n) is 3.21. The second-order valence-corrected chi connectivity index (χ2v) is 3.21. The number of hydrazine groups is 1. The van der Waals surface area contributed by atoms with Crippen LogP contribution in [0, 0.1) is 5.41 Å². The third-order valence-corrected chi connectivity index (χ3v) is 2.26. The van der Waals surface area contributed by atoms with Crippen LogP contribution < -0.4 is 5.84 Å². The summed E-state index contributed by atoms with van der Waals surface area (Å²) in [6.07, 6.45) is 1.21. The molecule has 2 rings (SSSR count). The highest BCUT2D eigenvalue weighted by Gasteiger charge is 2.44. The summed E-state index contributed by atoms with van der Waals surface area (Å²) in [6.45, 7) is 3.94. The first-order valence-corrected chi connectivity index (χ1v) is 3.38. The van der Waals surface area contributed by atoms with Crippen LogP contribution in [0.2, 0.25) is 0 Å². The third-order valence-electron chi connectivity index (χ3n) is 2.26. The van der Waals surface area contributed by atoms with Gasteiger partial charge in [0.05, 0.1) is 6.61 Å². The van der Waals surface area contributed by atoms with Gasteiger partial charge in [-0.2, -0.15) is 0 Å². The largest absolute Gasteiger partial charge is 0.381 e. The van der Waals surface area contributed by atoms with Gasteiger partial charge >= 0.3 is 0 Å². The molecule has 2 heterocycles. The van der Waals surface area contributed by atoms with Gasteiger partial charge in [0.2, 0.25) is 0 Å². The Bertz CT molecular complexity index is 112. The van der Waals surface area contributed by atoms with Crippen LogP contribution in [0.25, 0.3) is 0 Å². The minimum atomic E-state index is 0.467. The van der Waals surface area contributed by atoms with Gasteiger partial charge < -0.3 is 4.74 Å². The van der Waals surface area contributed by atoms with E-state index in [0.717, 1.165) is 26.3 Å². The number of hydrogen-bond acceptors (Lipinski definition) is 3. The average Bonchev–Trinajstić information content (AvgIpc) is 2.12. The first-order chi connectivity index (χ1) is 4.31. The highest BCUT2D eigenvalue weighted by molar-refractivity contribution is 4.94. The lowest BCUT2D eigenvalue weighted by atomic mass is 9.81. The van der Waals surface area contributed by atoms with E-state index in [0.29, 0.717) is 5.41 Å². The van der Waals surface area contributed by atoms with E-state index in [1.165, 1.54) is 6.42 Å². The lowest BCUT2D eigenvalue weighted by molar-refractivity contribution is -0.00720. The van der Waals surface area contributed by atoms with Crippen LogP contribution >= 0.6 is 0 Å². The highest BCUT2D eigenvalue weighted by atomic mass is 16.5. The molecule has 0 amide bonds. The molecule has 52 valence electrons. The minimum Gasteiger partial charge on any atom is -0.381 e. The van der Waals surface area contributed by atoms with Crippen molar-refractivity contribution >= 4 is 0 Å². The van der Waals surface area contributed by atoms with Crippen molar-refractivity contribution < 1.29 is 4.74 Å². The van der Waals surface area contributed by atoms with Crippen LogP contribution in [0.5, 0.6) is 0 Å². The Labute approximate surface area is 54.7 Å². The van der Waals surface area contributed by atoms with Crippen molar-refractivity contribution in [3.05, 3.63) is 0 Å². The smallest absolute Gasteiger partial charge is 0.0548 e. The predicted molar refractivity (Wildman–Crippen MR) is 33.6 cm³/mol. The zero-order valence-corrected chi connectivity index (χ0v) is 5.47. The predicted octanol–water partition coefficient (Wildman–Crippen LogP) is -0.418. The number of ether oxygens (including phenoxy) is 1. The molecule has 2 aliphatic rings. The number of nitrogens with two attached hydrogens (primary N) is 1. The van der Waals surface area contributed by atoms with E-state index in [1.807, 2.05) is 5.01 Å². The minimum absolute atomic E-state index is 0.467.